The van der Waals surface area contributed by atoms with Gasteiger partial charge in [-0.2, -0.15) is 13.9 Å². The van der Waals surface area contributed by atoms with E-state index in [0.717, 1.165) is 43.5 Å². The number of hydrogen-bond donors (Lipinski definition) is 2. The summed E-state index contributed by atoms with van der Waals surface area (Å²) in [6.45, 7) is 2.07. The lowest BCUT2D eigenvalue weighted by Gasteiger charge is -2.08. The van der Waals surface area contributed by atoms with Gasteiger partial charge in [-0.1, -0.05) is 25.5 Å². The zero-order chi connectivity index (χ0) is 17.1. The molecule has 2 N–H and O–H groups in total. The van der Waals surface area contributed by atoms with Crippen molar-refractivity contribution in [2.45, 2.75) is 46.1 Å². The molecule has 1 aromatic rings. The summed E-state index contributed by atoms with van der Waals surface area (Å²) in [4.78, 5) is 0. The van der Waals surface area contributed by atoms with Gasteiger partial charge in [-0.15, -0.1) is 0 Å². The molecular weight excluding hydrogens is 320 g/mol. The number of thiocarbonyl (C=S) groups is 1. The number of unbranched alkanes of at least 4 members (excludes halogenated alkanes) is 1. The zero-order valence-corrected chi connectivity index (χ0v) is 14.3. The van der Waals surface area contributed by atoms with Gasteiger partial charge in [0.2, 0.25) is 0 Å². The second-order valence-corrected chi connectivity index (χ2v) is 5.50. The number of alkyl halides is 2. The lowest BCUT2D eigenvalue weighted by atomic mass is 10.1. The fourth-order valence-electron chi connectivity index (χ4n) is 1.78. The predicted octanol–water partition coefficient (Wildman–Crippen LogP) is 3.86. The van der Waals surface area contributed by atoms with Crippen molar-refractivity contribution in [1.29, 1.82) is 0 Å². The summed E-state index contributed by atoms with van der Waals surface area (Å²) in [7, 11) is 0. The summed E-state index contributed by atoms with van der Waals surface area (Å²) in [6.07, 6.45) is 3.69. The summed E-state index contributed by atoms with van der Waals surface area (Å²) in [5, 5.41) is 7.81. The molecular formula is C16H23F2N3OS. The fraction of sp³-hybridized carbons (Fsp3) is 0.500. The Hall–Kier alpha value is -1.76. The molecule has 4 nitrogen and oxygen atoms in total. The molecule has 0 radical (unpaired) electrons. The van der Waals surface area contributed by atoms with E-state index < -0.39 is 6.61 Å². The van der Waals surface area contributed by atoms with Crippen molar-refractivity contribution < 1.29 is 13.5 Å². The Bertz CT molecular complexity index is 507. The molecule has 0 bridgehead atoms. The SMILES string of the molecule is CCCCNC(=S)N/N=C(/C)CCc1ccc(OC(F)F)cc1. The molecule has 0 heterocycles. The van der Waals surface area contributed by atoms with Gasteiger partial charge < -0.3 is 10.1 Å². The van der Waals surface area contributed by atoms with E-state index in [4.69, 9.17) is 12.2 Å². The summed E-state index contributed by atoms with van der Waals surface area (Å²) in [5.74, 6) is 0.166. The van der Waals surface area contributed by atoms with Crippen LogP contribution in [-0.2, 0) is 6.42 Å². The van der Waals surface area contributed by atoms with E-state index in [0.29, 0.717) is 5.11 Å². The molecule has 23 heavy (non-hydrogen) atoms. The van der Waals surface area contributed by atoms with Crippen LogP contribution in [0.25, 0.3) is 0 Å². The normalized spacial score (nSPS) is 11.4. The minimum Gasteiger partial charge on any atom is -0.435 e. The van der Waals surface area contributed by atoms with Crippen LogP contribution in [0.15, 0.2) is 29.4 Å². The summed E-state index contributed by atoms with van der Waals surface area (Å²) in [6, 6.07) is 6.63. The van der Waals surface area contributed by atoms with Crippen LogP contribution < -0.4 is 15.5 Å². The molecule has 1 aromatic carbocycles. The molecule has 0 aliphatic heterocycles. The lowest BCUT2D eigenvalue weighted by molar-refractivity contribution is -0.0498. The first-order chi connectivity index (χ1) is 11.0. The monoisotopic (exact) mass is 343 g/mol. The first-order valence-electron chi connectivity index (χ1n) is 7.62. The third kappa shape index (κ3) is 9.07. The summed E-state index contributed by atoms with van der Waals surface area (Å²) in [5.41, 5.74) is 4.76. The third-order valence-corrected chi connectivity index (χ3v) is 3.32. The van der Waals surface area contributed by atoms with Crippen molar-refractivity contribution in [2.24, 2.45) is 5.10 Å². The Morgan fingerprint density at radius 2 is 2.00 bits per heavy atom. The Morgan fingerprint density at radius 3 is 2.61 bits per heavy atom. The number of halogens is 2. The van der Waals surface area contributed by atoms with Crippen LogP contribution in [0.4, 0.5) is 8.78 Å². The third-order valence-electron chi connectivity index (χ3n) is 3.09. The first kappa shape index (κ1) is 19.3. The number of benzene rings is 1. The Morgan fingerprint density at radius 1 is 1.30 bits per heavy atom. The van der Waals surface area contributed by atoms with E-state index in [2.05, 4.69) is 27.5 Å². The van der Waals surface area contributed by atoms with E-state index in [9.17, 15) is 8.78 Å². The highest BCUT2D eigenvalue weighted by Crippen LogP contribution is 2.15. The summed E-state index contributed by atoms with van der Waals surface area (Å²) >= 11 is 5.11. The Kier molecular flexibility index (Phi) is 9.12. The van der Waals surface area contributed by atoms with Gasteiger partial charge in [0.05, 0.1) is 0 Å². The molecule has 128 valence electrons. The van der Waals surface area contributed by atoms with E-state index in [1.807, 2.05) is 6.92 Å². The minimum absolute atomic E-state index is 0.166. The molecule has 7 heteroatoms. The van der Waals surface area contributed by atoms with Gasteiger partial charge in [-0.25, -0.2) is 0 Å². The molecule has 0 unspecified atom stereocenters. The first-order valence-corrected chi connectivity index (χ1v) is 8.02. The van der Waals surface area contributed by atoms with E-state index in [1.54, 1.807) is 24.3 Å². The molecule has 0 atom stereocenters. The standard InChI is InChI=1S/C16H23F2N3OS/c1-3-4-11-19-16(23)21-20-12(2)5-6-13-7-9-14(10-8-13)22-15(17)18/h7-10,15H,3-6,11H2,1-2H3,(H2,19,21,23)/b20-12-. The van der Waals surface area contributed by atoms with Crippen molar-refractivity contribution in [2.75, 3.05) is 6.54 Å². The highest BCUT2D eigenvalue weighted by molar-refractivity contribution is 7.80. The Balaban J connectivity index is 2.33. The number of ether oxygens (including phenoxy) is 1. The van der Waals surface area contributed by atoms with Crippen LogP contribution in [0.2, 0.25) is 0 Å². The quantitative estimate of drug-likeness (QED) is 0.309. The van der Waals surface area contributed by atoms with Gasteiger partial charge in [0.25, 0.3) is 0 Å². The average Bonchev–Trinajstić information content (AvgIpc) is 2.52. The maximum atomic E-state index is 12.1. The molecule has 0 aliphatic rings. The number of nitrogens with one attached hydrogen (secondary N) is 2. The largest absolute Gasteiger partial charge is 0.435 e. The minimum atomic E-state index is -2.80. The fourth-order valence-corrected chi connectivity index (χ4v) is 1.93. The van der Waals surface area contributed by atoms with Gasteiger partial charge in [-0.05, 0) is 56.1 Å². The van der Waals surface area contributed by atoms with Crippen molar-refractivity contribution in [1.82, 2.24) is 10.7 Å². The Labute approximate surface area is 141 Å². The zero-order valence-electron chi connectivity index (χ0n) is 13.4. The number of hydrogen-bond acceptors (Lipinski definition) is 3. The lowest BCUT2D eigenvalue weighted by Crippen LogP contribution is -2.33. The van der Waals surface area contributed by atoms with Crippen LogP contribution >= 0.6 is 12.2 Å². The molecule has 0 saturated carbocycles. The summed E-state index contributed by atoms with van der Waals surface area (Å²) < 4.78 is 28.4. The van der Waals surface area contributed by atoms with E-state index >= 15 is 0 Å². The predicted molar refractivity (Wildman–Crippen MR) is 93.1 cm³/mol. The van der Waals surface area contributed by atoms with Crippen LogP contribution in [0, 0.1) is 0 Å². The van der Waals surface area contributed by atoms with Gasteiger partial charge in [0.15, 0.2) is 5.11 Å². The van der Waals surface area contributed by atoms with Crippen LogP contribution in [0.3, 0.4) is 0 Å². The second kappa shape index (κ2) is 10.9. The number of rotatable bonds is 9. The van der Waals surface area contributed by atoms with Crippen LogP contribution in [0.5, 0.6) is 5.75 Å². The molecule has 0 spiro atoms. The smallest absolute Gasteiger partial charge is 0.387 e. The molecule has 0 amide bonds. The maximum absolute atomic E-state index is 12.1. The van der Waals surface area contributed by atoms with Gasteiger partial charge in [-0.3, -0.25) is 5.43 Å². The molecule has 0 fully saturated rings. The highest BCUT2D eigenvalue weighted by Gasteiger charge is 2.04. The van der Waals surface area contributed by atoms with E-state index in [1.165, 1.54) is 0 Å². The second-order valence-electron chi connectivity index (χ2n) is 5.09. The molecule has 0 aromatic heterocycles. The maximum Gasteiger partial charge on any atom is 0.387 e. The van der Waals surface area contributed by atoms with Crippen LogP contribution in [-0.4, -0.2) is 24.0 Å². The van der Waals surface area contributed by atoms with Gasteiger partial charge in [0.1, 0.15) is 5.75 Å². The van der Waals surface area contributed by atoms with Crippen molar-refractivity contribution in [3.05, 3.63) is 29.8 Å². The van der Waals surface area contributed by atoms with E-state index in [-0.39, 0.29) is 5.75 Å². The number of hydrazone groups is 1. The number of aryl methyl sites for hydroxylation is 1. The van der Waals surface area contributed by atoms with Crippen molar-refractivity contribution in [3.63, 3.8) is 0 Å². The van der Waals surface area contributed by atoms with Gasteiger partial charge >= 0.3 is 6.61 Å². The van der Waals surface area contributed by atoms with Crippen molar-refractivity contribution >= 4 is 23.0 Å². The highest BCUT2D eigenvalue weighted by atomic mass is 32.1. The van der Waals surface area contributed by atoms with Gasteiger partial charge in [0, 0.05) is 12.3 Å². The molecule has 0 aliphatic carbocycles. The number of nitrogens with zero attached hydrogens (tertiary/aromatic N) is 1. The molecule has 0 saturated heterocycles. The average molecular weight is 343 g/mol. The topological polar surface area (TPSA) is 45.7 Å². The molecule has 1 rings (SSSR count). The van der Waals surface area contributed by atoms with Crippen LogP contribution in [0.1, 0.15) is 38.7 Å². The van der Waals surface area contributed by atoms with Crippen molar-refractivity contribution in [3.8, 4) is 5.75 Å².